The molecule has 1 atom stereocenters. The summed E-state index contributed by atoms with van der Waals surface area (Å²) in [6.07, 6.45) is 1.89. The van der Waals surface area contributed by atoms with E-state index in [0.717, 1.165) is 10.6 Å². The molecule has 0 aromatic carbocycles. The maximum Gasteiger partial charge on any atom is 0.102 e. The Morgan fingerprint density at radius 2 is 2.38 bits per heavy atom. The molecule has 2 heterocycles. The molecule has 1 unspecified atom stereocenters. The molecule has 0 aliphatic heterocycles. The Bertz CT molecular complexity index is 344. The third kappa shape index (κ3) is 2.12. The van der Waals surface area contributed by atoms with Crippen LogP contribution in [0.5, 0.6) is 0 Å². The van der Waals surface area contributed by atoms with Gasteiger partial charge in [-0.1, -0.05) is 0 Å². The second-order valence-electron chi connectivity index (χ2n) is 2.60. The predicted molar refractivity (Wildman–Crippen MR) is 52.9 cm³/mol. The minimum atomic E-state index is -0.494. The van der Waals surface area contributed by atoms with E-state index < -0.39 is 6.10 Å². The van der Waals surface area contributed by atoms with Gasteiger partial charge in [0.2, 0.25) is 0 Å². The van der Waals surface area contributed by atoms with Crippen LogP contribution in [-0.4, -0.2) is 15.1 Å². The highest BCUT2D eigenvalue weighted by Crippen LogP contribution is 2.19. The molecule has 0 fully saturated rings. The number of rotatable bonds is 3. The standard InChI is InChI=1S/C8H8N2OS2/c11-8(7-3-12-5-10-7)1-6-2-9-4-13-6/h2-5,8,11H,1H2. The molecule has 2 rings (SSSR count). The predicted octanol–water partition coefficient (Wildman–Crippen LogP) is 1.88. The average molecular weight is 212 g/mol. The largest absolute Gasteiger partial charge is 0.386 e. The molecule has 0 amide bonds. The Hall–Kier alpha value is -0.780. The molecular weight excluding hydrogens is 204 g/mol. The Kier molecular flexibility index (Phi) is 2.68. The summed E-state index contributed by atoms with van der Waals surface area (Å²) < 4.78 is 0. The molecule has 3 nitrogen and oxygen atoms in total. The molecular formula is C8H8N2OS2. The van der Waals surface area contributed by atoms with Crippen molar-refractivity contribution in [1.82, 2.24) is 9.97 Å². The van der Waals surface area contributed by atoms with E-state index in [-0.39, 0.29) is 0 Å². The summed E-state index contributed by atoms with van der Waals surface area (Å²) in [6.45, 7) is 0. The van der Waals surface area contributed by atoms with Gasteiger partial charge in [0.1, 0.15) is 6.10 Å². The van der Waals surface area contributed by atoms with Gasteiger partial charge >= 0.3 is 0 Å². The average Bonchev–Trinajstić information content (AvgIpc) is 2.74. The molecule has 0 saturated heterocycles. The zero-order valence-corrected chi connectivity index (χ0v) is 8.38. The highest BCUT2D eigenvalue weighted by molar-refractivity contribution is 7.09. The van der Waals surface area contributed by atoms with Gasteiger partial charge in [0.25, 0.3) is 0 Å². The highest BCUT2D eigenvalue weighted by atomic mass is 32.1. The molecule has 0 aliphatic carbocycles. The van der Waals surface area contributed by atoms with E-state index in [9.17, 15) is 5.11 Å². The first-order chi connectivity index (χ1) is 6.36. The Balaban J connectivity index is 2.04. The van der Waals surface area contributed by atoms with Crippen LogP contribution in [0.25, 0.3) is 0 Å². The number of aliphatic hydroxyl groups is 1. The van der Waals surface area contributed by atoms with E-state index >= 15 is 0 Å². The van der Waals surface area contributed by atoms with Crippen molar-refractivity contribution in [2.75, 3.05) is 0 Å². The first kappa shape index (κ1) is 8.80. The van der Waals surface area contributed by atoms with Crippen molar-refractivity contribution in [3.8, 4) is 0 Å². The van der Waals surface area contributed by atoms with E-state index in [2.05, 4.69) is 9.97 Å². The Morgan fingerprint density at radius 1 is 1.46 bits per heavy atom. The molecule has 0 saturated carbocycles. The van der Waals surface area contributed by atoms with E-state index in [1.54, 1.807) is 28.6 Å². The van der Waals surface area contributed by atoms with Crippen LogP contribution in [0.3, 0.4) is 0 Å². The van der Waals surface area contributed by atoms with Crippen molar-refractivity contribution in [2.45, 2.75) is 12.5 Å². The van der Waals surface area contributed by atoms with Gasteiger partial charge in [-0.15, -0.1) is 22.7 Å². The number of aromatic nitrogens is 2. The van der Waals surface area contributed by atoms with E-state index in [1.807, 2.05) is 5.38 Å². The lowest BCUT2D eigenvalue weighted by molar-refractivity contribution is 0.175. The number of nitrogens with zero attached hydrogens (tertiary/aromatic N) is 2. The van der Waals surface area contributed by atoms with Crippen LogP contribution in [-0.2, 0) is 6.42 Å². The van der Waals surface area contributed by atoms with Crippen molar-refractivity contribution in [3.63, 3.8) is 0 Å². The zero-order chi connectivity index (χ0) is 9.10. The summed E-state index contributed by atoms with van der Waals surface area (Å²) in [4.78, 5) is 9.08. The van der Waals surface area contributed by atoms with Crippen LogP contribution in [0.2, 0.25) is 0 Å². The van der Waals surface area contributed by atoms with Gasteiger partial charge in [0.05, 0.1) is 16.7 Å². The van der Waals surface area contributed by atoms with Crippen LogP contribution in [0.4, 0.5) is 0 Å². The lowest BCUT2D eigenvalue weighted by Crippen LogP contribution is -2.00. The molecule has 0 aliphatic rings. The summed E-state index contributed by atoms with van der Waals surface area (Å²) in [5.41, 5.74) is 4.24. The van der Waals surface area contributed by atoms with Crippen molar-refractivity contribution < 1.29 is 5.11 Å². The monoisotopic (exact) mass is 212 g/mol. The third-order valence-electron chi connectivity index (χ3n) is 1.67. The summed E-state index contributed by atoms with van der Waals surface area (Å²) in [6, 6.07) is 0. The molecule has 13 heavy (non-hydrogen) atoms. The van der Waals surface area contributed by atoms with Gasteiger partial charge in [0, 0.05) is 22.9 Å². The molecule has 0 bridgehead atoms. The second-order valence-corrected chi connectivity index (χ2v) is 4.29. The van der Waals surface area contributed by atoms with Gasteiger partial charge in [-0.25, -0.2) is 4.98 Å². The van der Waals surface area contributed by atoms with Crippen molar-refractivity contribution in [1.29, 1.82) is 0 Å². The first-order valence-corrected chi connectivity index (χ1v) is 5.62. The quantitative estimate of drug-likeness (QED) is 0.845. The number of thiazole rings is 2. The fourth-order valence-corrected chi connectivity index (χ4v) is 2.26. The minimum absolute atomic E-state index is 0.494. The second kappa shape index (κ2) is 3.95. The molecule has 0 spiro atoms. The van der Waals surface area contributed by atoms with Crippen molar-refractivity contribution >= 4 is 22.7 Å². The number of hydrogen-bond donors (Lipinski definition) is 1. The van der Waals surface area contributed by atoms with Gasteiger partial charge in [-0.3, -0.25) is 4.98 Å². The van der Waals surface area contributed by atoms with Gasteiger partial charge < -0.3 is 5.11 Å². The van der Waals surface area contributed by atoms with E-state index in [0.29, 0.717) is 6.42 Å². The smallest absolute Gasteiger partial charge is 0.102 e. The lowest BCUT2D eigenvalue weighted by atomic mass is 10.2. The van der Waals surface area contributed by atoms with E-state index in [1.165, 1.54) is 11.3 Å². The lowest BCUT2D eigenvalue weighted by Gasteiger charge is -2.04. The highest BCUT2D eigenvalue weighted by Gasteiger charge is 2.10. The normalized spacial score (nSPS) is 13.0. The topological polar surface area (TPSA) is 46.0 Å². The number of hydrogen-bond acceptors (Lipinski definition) is 5. The fourth-order valence-electron chi connectivity index (χ4n) is 1.02. The van der Waals surface area contributed by atoms with Gasteiger partial charge in [-0.2, -0.15) is 0 Å². The summed E-state index contributed by atoms with van der Waals surface area (Å²) in [5, 5.41) is 11.6. The molecule has 68 valence electrons. The third-order valence-corrected chi connectivity index (χ3v) is 3.08. The van der Waals surface area contributed by atoms with Crippen LogP contribution in [0.1, 0.15) is 16.7 Å². The summed E-state index contributed by atoms with van der Waals surface area (Å²) in [7, 11) is 0. The molecule has 1 N–H and O–H groups in total. The van der Waals surface area contributed by atoms with Crippen molar-refractivity contribution in [2.24, 2.45) is 0 Å². The minimum Gasteiger partial charge on any atom is -0.386 e. The number of aliphatic hydroxyl groups excluding tert-OH is 1. The van der Waals surface area contributed by atoms with Crippen LogP contribution >= 0.6 is 22.7 Å². The van der Waals surface area contributed by atoms with E-state index in [4.69, 9.17) is 0 Å². The summed E-state index contributed by atoms with van der Waals surface area (Å²) in [5.74, 6) is 0. The van der Waals surface area contributed by atoms with Crippen LogP contribution in [0.15, 0.2) is 22.6 Å². The van der Waals surface area contributed by atoms with Gasteiger partial charge in [0.15, 0.2) is 0 Å². The van der Waals surface area contributed by atoms with Gasteiger partial charge in [-0.05, 0) is 0 Å². The maximum atomic E-state index is 9.70. The van der Waals surface area contributed by atoms with Crippen LogP contribution < -0.4 is 0 Å². The Morgan fingerprint density at radius 3 is 3.00 bits per heavy atom. The fraction of sp³-hybridized carbons (Fsp3) is 0.250. The molecule has 2 aromatic heterocycles. The van der Waals surface area contributed by atoms with Crippen LogP contribution in [0, 0.1) is 0 Å². The first-order valence-electron chi connectivity index (χ1n) is 3.80. The maximum absolute atomic E-state index is 9.70. The Labute approximate surface area is 83.7 Å². The zero-order valence-electron chi connectivity index (χ0n) is 6.75. The molecule has 5 heteroatoms. The molecule has 2 aromatic rings. The SMILES string of the molecule is OC(Cc1cncs1)c1cscn1. The van der Waals surface area contributed by atoms with Crippen molar-refractivity contribution in [3.05, 3.63) is 33.2 Å². The summed E-state index contributed by atoms with van der Waals surface area (Å²) >= 11 is 3.05. The molecule has 0 radical (unpaired) electrons.